The molecule has 2 fully saturated rings. The molecule has 3 N–H and O–H groups in total. The Kier molecular flexibility index (Phi) is 9.99. The number of nitrogens with one attached hydrogen (secondary N) is 1. The molecule has 0 bridgehead atoms. The highest BCUT2D eigenvalue weighted by Crippen LogP contribution is 2.37. The first-order valence-corrected chi connectivity index (χ1v) is 17.4. The van der Waals surface area contributed by atoms with Crippen molar-refractivity contribution in [2.45, 2.75) is 46.8 Å². The first-order chi connectivity index (χ1) is 21.0. The Morgan fingerprint density at radius 2 is 1.82 bits per heavy atom. The molecule has 238 valence electrons. The van der Waals surface area contributed by atoms with Crippen LogP contribution in [0.5, 0.6) is 5.75 Å². The lowest BCUT2D eigenvalue weighted by Crippen LogP contribution is -2.47. The van der Waals surface area contributed by atoms with Crippen LogP contribution in [-0.4, -0.2) is 99.3 Å². The second-order valence-corrected chi connectivity index (χ2v) is 15.1. The Morgan fingerprint density at radius 1 is 1.07 bits per heavy atom. The van der Waals surface area contributed by atoms with Crippen LogP contribution >= 0.6 is 0 Å². The van der Waals surface area contributed by atoms with Crippen molar-refractivity contribution in [3.05, 3.63) is 72.7 Å². The number of hydrogen-bond donors (Lipinski definition) is 3. The third-order valence-electron chi connectivity index (χ3n) is 7.96. The number of pyridine rings is 1. The van der Waals surface area contributed by atoms with Gasteiger partial charge in [-0.3, -0.25) is 4.98 Å². The molecule has 2 aromatic carbocycles. The lowest BCUT2D eigenvalue weighted by atomic mass is 9.88. The standard InChI is InChI=1S/C30H36FN3O8S2/c31-28-8-3-11-32-29(28)22-4-1-7-27(16-22)44(39,40)34-12-9-30(10-13-34)18-23(20-42-30)33-19-24(36)21-41-25-5-2-6-26(17-25)43(37,38)15-14-35/h1-8,11,16-17,23-24,33,35-36H,9-10,12-15,18-21H2/t23-,24+/m1/s1. The van der Waals surface area contributed by atoms with Gasteiger partial charge in [-0.1, -0.05) is 18.2 Å². The topological polar surface area (TPSA) is 155 Å². The monoisotopic (exact) mass is 649 g/mol. The molecular weight excluding hydrogens is 613 g/mol. The largest absolute Gasteiger partial charge is 0.491 e. The number of aliphatic hydroxyl groups excluding tert-OH is 2. The maximum atomic E-state index is 14.3. The van der Waals surface area contributed by atoms with Crippen LogP contribution in [0.1, 0.15) is 19.3 Å². The zero-order valence-electron chi connectivity index (χ0n) is 24.0. The van der Waals surface area contributed by atoms with Gasteiger partial charge in [-0.2, -0.15) is 4.31 Å². The molecule has 5 rings (SSSR count). The zero-order chi connectivity index (χ0) is 31.4. The van der Waals surface area contributed by atoms with Gasteiger partial charge in [0.2, 0.25) is 10.0 Å². The smallest absolute Gasteiger partial charge is 0.243 e. The lowest BCUT2D eigenvalue weighted by Gasteiger charge is -2.38. The predicted molar refractivity (Wildman–Crippen MR) is 160 cm³/mol. The Balaban J connectivity index is 1.10. The first-order valence-electron chi connectivity index (χ1n) is 14.3. The van der Waals surface area contributed by atoms with E-state index in [0.29, 0.717) is 37.2 Å². The number of piperidine rings is 1. The minimum atomic E-state index is -3.81. The van der Waals surface area contributed by atoms with Gasteiger partial charge in [-0.25, -0.2) is 21.2 Å². The number of nitrogens with zero attached hydrogens (tertiary/aromatic N) is 2. The number of rotatable bonds is 12. The van der Waals surface area contributed by atoms with E-state index in [2.05, 4.69) is 10.3 Å². The minimum Gasteiger partial charge on any atom is -0.491 e. The molecule has 0 amide bonds. The maximum absolute atomic E-state index is 14.3. The SMILES string of the molecule is O=S(=O)(CCO)c1cccc(OC[C@@H](O)CN[C@H]2COC3(CCN(S(=O)(=O)c4cccc(-c5ncccc5F)c4)CC3)C2)c1. The van der Waals surface area contributed by atoms with E-state index in [1.54, 1.807) is 18.2 Å². The van der Waals surface area contributed by atoms with Crippen molar-refractivity contribution in [3.8, 4) is 17.0 Å². The summed E-state index contributed by atoms with van der Waals surface area (Å²) in [4.78, 5) is 4.17. The Bertz CT molecular complexity index is 1660. The molecular formula is C30H36FN3O8S2. The van der Waals surface area contributed by atoms with Gasteiger partial charge in [0, 0.05) is 37.4 Å². The molecule has 0 unspecified atom stereocenters. The molecule has 44 heavy (non-hydrogen) atoms. The quantitative estimate of drug-likeness (QED) is 0.265. The molecule has 2 atom stereocenters. The molecule has 1 spiro atoms. The van der Waals surface area contributed by atoms with E-state index in [4.69, 9.17) is 14.6 Å². The maximum Gasteiger partial charge on any atom is 0.243 e. The number of sulfone groups is 1. The van der Waals surface area contributed by atoms with Crippen LogP contribution in [0.2, 0.25) is 0 Å². The summed E-state index contributed by atoms with van der Waals surface area (Å²) in [5.74, 6) is -0.616. The normalized spacial score (nSPS) is 19.7. The minimum absolute atomic E-state index is 0.0373. The van der Waals surface area contributed by atoms with Gasteiger partial charge < -0.3 is 25.0 Å². The van der Waals surface area contributed by atoms with Crippen LogP contribution in [0.3, 0.4) is 0 Å². The van der Waals surface area contributed by atoms with Gasteiger partial charge in [0.25, 0.3) is 0 Å². The van der Waals surface area contributed by atoms with Gasteiger partial charge in [-0.05, 0) is 61.7 Å². The van der Waals surface area contributed by atoms with E-state index in [9.17, 15) is 26.3 Å². The van der Waals surface area contributed by atoms with E-state index >= 15 is 0 Å². The number of aromatic nitrogens is 1. The Labute approximate surface area is 256 Å². The molecule has 0 saturated carbocycles. The van der Waals surface area contributed by atoms with E-state index in [-0.39, 0.29) is 53.5 Å². The van der Waals surface area contributed by atoms with E-state index in [1.165, 1.54) is 53.0 Å². The van der Waals surface area contributed by atoms with Gasteiger partial charge in [-0.15, -0.1) is 0 Å². The summed E-state index contributed by atoms with van der Waals surface area (Å²) in [5.41, 5.74) is 0.0123. The van der Waals surface area contributed by atoms with Crippen molar-refractivity contribution in [2.75, 3.05) is 45.2 Å². The van der Waals surface area contributed by atoms with Gasteiger partial charge in [0.15, 0.2) is 9.84 Å². The molecule has 0 aliphatic carbocycles. The fourth-order valence-corrected chi connectivity index (χ4v) is 8.10. The van der Waals surface area contributed by atoms with Crippen molar-refractivity contribution in [3.63, 3.8) is 0 Å². The van der Waals surface area contributed by atoms with Crippen LogP contribution < -0.4 is 10.1 Å². The summed E-state index contributed by atoms with van der Waals surface area (Å²) in [6, 6.07) is 14.8. The van der Waals surface area contributed by atoms with Gasteiger partial charge in [0.1, 0.15) is 30.0 Å². The van der Waals surface area contributed by atoms with Crippen molar-refractivity contribution < 1.29 is 40.9 Å². The fraction of sp³-hybridized carbons (Fsp3) is 0.433. The predicted octanol–water partition coefficient (Wildman–Crippen LogP) is 2.00. The Hall–Kier alpha value is -2.98. The first kappa shape index (κ1) is 32.4. The number of ether oxygens (including phenoxy) is 2. The van der Waals surface area contributed by atoms with E-state index in [1.807, 2.05) is 0 Å². The van der Waals surface area contributed by atoms with Crippen molar-refractivity contribution in [1.29, 1.82) is 0 Å². The summed E-state index contributed by atoms with van der Waals surface area (Å²) in [6.45, 7) is 0.660. The highest BCUT2D eigenvalue weighted by Gasteiger charge is 2.44. The molecule has 1 aromatic heterocycles. The highest BCUT2D eigenvalue weighted by atomic mass is 32.2. The van der Waals surface area contributed by atoms with E-state index in [0.717, 1.165) is 0 Å². The third kappa shape index (κ3) is 7.45. The number of hydrogen-bond acceptors (Lipinski definition) is 10. The highest BCUT2D eigenvalue weighted by molar-refractivity contribution is 7.91. The van der Waals surface area contributed by atoms with Crippen LogP contribution in [0.15, 0.2) is 76.7 Å². The average molecular weight is 650 g/mol. The zero-order valence-corrected chi connectivity index (χ0v) is 25.6. The third-order valence-corrected chi connectivity index (χ3v) is 11.5. The summed E-state index contributed by atoms with van der Waals surface area (Å²) in [5, 5.41) is 22.7. The second kappa shape index (κ2) is 13.6. The molecule has 2 aliphatic heterocycles. The number of sulfonamides is 1. The van der Waals surface area contributed by atoms with Crippen LogP contribution in [-0.2, 0) is 24.6 Å². The summed E-state index contributed by atoms with van der Waals surface area (Å²) < 4.78 is 78.7. The van der Waals surface area contributed by atoms with Crippen LogP contribution in [0, 0.1) is 5.82 Å². The van der Waals surface area contributed by atoms with Gasteiger partial charge >= 0.3 is 0 Å². The summed E-state index contributed by atoms with van der Waals surface area (Å²) in [6.07, 6.45) is 2.28. The number of aliphatic hydroxyl groups is 2. The Morgan fingerprint density at radius 3 is 2.57 bits per heavy atom. The van der Waals surface area contributed by atoms with Crippen molar-refractivity contribution >= 4 is 19.9 Å². The van der Waals surface area contributed by atoms with Crippen LogP contribution in [0.25, 0.3) is 11.3 Å². The van der Waals surface area contributed by atoms with Crippen molar-refractivity contribution in [2.24, 2.45) is 0 Å². The fourth-order valence-electron chi connectivity index (χ4n) is 5.56. The van der Waals surface area contributed by atoms with Gasteiger partial charge in [0.05, 0.1) is 34.4 Å². The average Bonchev–Trinajstić information content (AvgIpc) is 3.41. The molecule has 2 aliphatic rings. The molecule has 11 nitrogen and oxygen atoms in total. The second-order valence-electron chi connectivity index (χ2n) is 11.1. The molecule has 3 aromatic rings. The number of halogens is 1. The van der Waals surface area contributed by atoms with Crippen LogP contribution in [0.4, 0.5) is 4.39 Å². The molecule has 14 heteroatoms. The summed E-state index contributed by atoms with van der Waals surface area (Å²) in [7, 11) is -7.43. The summed E-state index contributed by atoms with van der Waals surface area (Å²) >= 11 is 0. The molecule has 3 heterocycles. The molecule has 0 radical (unpaired) electrons. The number of benzene rings is 2. The lowest BCUT2D eigenvalue weighted by molar-refractivity contribution is -0.0312. The van der Waals surface area contributed by atoms with Crippen molar-refractivity contribution in [1.82, 2.24) is 14.6 Å². The molecule has 2 saturated heterocycles. The van der Waals surface area contributed by atoms with E-state index < -0.39 is 44.0 Å².